The maximum absolute atomic E-state index is 10.5. The minimum absolute atomic E-state index is 0.138. The van der Waals surface area contributed by atoms with Crippen LogP contribution in [0.3, 0.4) is 0 Å². The van der Waals surface area contributed by atoms with Crippen molar-refractivity contribution >= 4 is 12.2 Å². The van der Waals surface area contributed by atoms with Crippen molar-refractivity contribution in [2.45, 2.75) is 18.4 Å². The molecule has 4 rings (SSSR count). The summed E-state index contributed by atoms with van der Waals surface area (Å²) in [5.41, 5.74) is 2.99. The lowest BCUT2D eigenvalue weighted by atomic mass is 9.91. The van der Waals surface area contributed by atoms with E-state index < -0.39 is 6.10 Å². The van der Waals surface area contributed by atoms with Crippen LogP contribution in [0.5, 0.6) is 0 Å². The fourth-order valence-corrected chi connectivity index (χ4v) is 2.98. The van der Waals surface area contributed by atoms with E-state index in [1.165, 1.54) is 0 Å². The van der Waals surface area contributed by atoms with Crippen LogP contribution in [0.15, 0.2) is 70.4 Å². The van der Waals surface area contributed by atoms with E-state index in [2.05, 4.69) is 26.7 Å². The largest absolute Gasteiger partial charge is 0.388 e. The van der Waals surface area contributed by atoms with E-state index in [0.717, 1.165) is 22.8 Å². The Balaban J connectivity index is 1.65. The molecule has 3 heterocycles. The SMILES string of the molecule is OC(CC1C=C2N=CN=C2n2cccc21)c1ccccc1. The summed E-state index contributed by atoms with van der Waals surface area (Å²) in [5.74, 6) is 1.01. The number of aliphatic imine (C=N–C) groups is 2. The first-order valence-electron chi connectivity index (χ1n) is 7.06. The zero-order valence-corrected chi connectivity index (χ0v) is 11.4. The number of aliphatic hydroxyl groups is 1. The number of nitrogens with zero attached hydrogens (tertiary/aromatic N) is 3. The number of aromatic nitrogens is 1. The van der Waals surface area contributed by atoms with Gasteiger partial charge in [-0.05, 0) is 30.2 Å². The third-order valence-electron chi connectivity index (χ3n) is 4.01. The van der Waals surface area contributed by atoms with Gasteiger partial charge in [-0.2, -0.15) is 0 Å². The predicted octanol–water partition coefficient (Wildman–Crippen LogP) is 2.88. The molecule has 4 nitrogen and oxygen atoms in total. The van der Waals surface area contributed by atoms with Gasteiger partial charge in [0.25, 0.3) is 0 Å². The van der Waals surface area contributed by atoms with Gasteiger partial charge in [0, 0.05) is 17.8 Å². The Bertz CT molecular complexity index is 755. The van der Waals surface area contributed by atoms with Crippen molar-refractivity contribution < 1.29 is 5.11 Å². The predicted molar refractivity (Wildman–Crippen MR) is 82.6 cm³/mol. The first-order valence-corrected chi connectivity index (χ1v) is 7.06. The highest BCUT2D eigenvalue weighted by Gasteiger charge is 2.27. The molecule has 0 saturated carbocycles. The molecule has 0 amide bonds. The fourth-order valence-electron chi connectivity index (χ4n) is 2.98. The number of benzene rings is 1. The molecule has 104 valence electrons. The molecule has 0 radical (unpaired) electrons. The molecule has 0 spiro atoms. The second-order valence-corrected chi connectivity index (χ2v) is 5.32. The summed E-state index contributed by atoms with van der Waals surface area (Å²) in [6, 6.07) is 13.9. The Morgan fingerprint density at radius 2 is 2.00 bits per heavy atom. The molecule has 2 aliphatic rings. The number of rotatable bonds is 3. The summed E-state index contributed by atoms with van der Waals surface area (Å²) < 4.78 is 2.06. The normalized spacial score (nSPS) is 20.5. The maximum Gasteiger partial charge on any atom is 0.164 e. The Kier molecular flexibility index (Phi) is 2.82. The number of fused-ring (bicyclic) bond motifs is 3. The van der Waals surface area contributed by atoms with Crippen LogP contribution in [0.4, 0.5) is 0 Å². The molecule has 0 bridgehead atoms. The third-order valence-corrected chi connectivity index (χ3v) is 4.01. The molecule has 0 saturated heterocycles. The molecule has 2 aliphatic heterocycles. The Hall–Kier alpha value is -2.46. The monoisotopic (exact) mass is 277 g/mol. The van der Waals surface area contributed by atoms with E-state index >= 15 is 0 Å². The maximum atomic E-state index is 10.5. The van der Waals surface area contributed by atoms with Gasteiger partial charge >= 0.3 is 0 Å². The Morgan fingerprint density at radius 1 is 1.14 bits per heavy atom. The van der Waals surface area contributed by atoms with Gasteiger partial charge in [0.1, 0.15) is 12.0 Å². The molecule has 21 heavy (non-hydrogen) atoms. The van der Waals surface area contributed by atoms with Gasteiger partial charge in [-0.3, -0.25) is 0 Å². The van der Waals surface area contributed by atoms with Crippen LogP contribution in [-0.2, 0) is 0 Å². The van der Waals surface area contributed by atoms with Crippen molar-refractivity contribution in [3.05, 3.63) is 71.7 Å². The third kappa shape index (κ3) is 2.04. The van der Waals surface area contributed by atoms with E-state index in [9.17, 15) is 5.11 Å². The van der Waals surface area contributed by atoms with Gasteiger partial charge in [0.05, 0.1) is 6.10 Å². The quantitative estimate of drug-likeness (QED) is 0.921. The minimum atomic E-state index is -0.486. The molecule has 0 aliphatic carbocycles. The summed E-state index contributed by atoms with van der Waals surface area (Å²) in [5, 5.41) is 10.5. The molecule has 0 fully saturated rings. The smallest absolute Gasteiger partial charge is 0.164 e. The van der Waals surface area contributed by atoms with Crippen LogP contribution >= 0.6 is 0 Å². The highest BCUT2D eigenvalue weighted by atomic mass is 16.3. The summed E-state index contributed by atoms with van der Waals surface area (Å²) in [6.07, 6.45) is 5.84. The first-order chi connectivity index (χ1) is 10.3. The highest BCUT2D eigenvalue weighted by Crippen LogP contribution is 2.34. The fraction of sp³-hybridized carbons (Fsp3) is 0.176. The lowest BCUT2D eigenvalue weighted by molar-refractivity contribution is 0.162. The summed E-state index contributed by atoms with van der Waals surface area (Å²) in [6.45, 7) is 0. The molecule has 1 N–H and O–H groups in total. The van der Waals surface area contributed by atoms with Crippen LogP contribution in [0, 0.1) is 0 Å². The number of hydrogen-bond donors (Lipinski definition) is 1. The lowest BCUT2D eigenvalue weighted by Crippen LogP contribution is -2.21. The van der Waals surface area contributed by atoms with Gasteiger partial charge in [0.15, 0.2) is 5.84 Å². The Labute approximate surface area is 122 Å². The summed E-state index contributed by atoms with van der Waals surface area (Å²) in [7, 11) is 0. The van der Waals surface area contributed by atoms with Crippen molar-refractivity contribution in [3.63, 3.8) is 0 Å². The Morgan fingerprint density at radius 3 is 2.86 bits per heavy atom. The molecule has 2 atom stereocenters. The highest BCUT2D eigenvalue weighted by molar-refractivity contribution is 6.08. The van der Waals surface area contributed by atoms with Gasteiger partial charge < -0.3 is 9.67 Å². The van der Waals surface area contributed by atoms with Crippen LogP contribution < -0.4 is 0 Å². The molecule has 1 aromatic carbocycles. The minimum Gasteiger partial charge on any atom is -0.388 e. The van der Waals surface area contributed by atoms with E-state index in [1.54, 1.807) is 6.34 Å². The molecular weight excluding hydrogens is 262 g/mol. The van der Waals surface area contributed by atoms with Crippen LogP contribution in [0.1, 0.15) is 29.7 Å². The molecule has 2 aromatic rings. The van der Waals surface area contributed by atoms with Crippen molar-refractivity contribution in [2.75, 3.05) is 0 Å². The average molecular weight is 277 g/mol. The number of allylic oxidation sites excluding steroid dienone is 2. The second kappa shape index (κ2) is 4.82. The lowest BCUT2D eigenvalue weighted by Gasteiger charge is -2.24. The van der Waals surface area contributed by atoms with Gasteiger partial charge in [-0.1, -0.05) is 30.3 Å². The average Bonchev–Trinajstić information content (AvgIpc) is 3.16. The van der Waals surface area contributed by atoms with E-state index in [0.29, 0.717) is 6.42 Å². The zero-order valence-electron chi connectivity index (χ0n) is 11.4. The molecule has 1 aromatic heterocycles. The number of hydrogen-bond acceptors (Lipinski definition) is 3. The number of aliphatic hydroxyl groups excluding tert-OH is 1. The second-order valence-electron chi connectivity index (χ2n) is 5.32. The van der Waals surface area contributed by atoms with Crippen molar-refractivity contribution in [3.8, 4) is 0 Å². The van der Waals surface area contributed by atoms with Gasteiger partial charge in [0.2, 0.25) is 0 Å². The molecular formula is C17H15N3O. The van der Waals surface area contributed by atoms with E-state index in [-0.39, 0.29) is 5.92 Å². The van der Waals surface area contributed by atoms with Crippen LogP contribution in [-0.4, -0.2) is 21.8 Å². The molecule has 4 heteroatoms. The zero-order chi connectivity index (χ0) is 14.2. The van der Waals surface area contributed by atoms with Gasteiger partial charge in [-0.25, -0.2) is 9.98 Å². The summed E-state index contributed by atoms with van der Waals surface area (Å²) in [4.78, 5) is 8.60. The molecule has 2 unspecified atom stereocenters. The topological polar surface area (TPSA) is 49.9 Å². The van der Waals surface area contributed by atoms with Crippen molar-refractivity contribution in [1.29, 1.82) is 0 Å². The standard InChI is InChI=1S/C17H15N3O/c21-16(12-5-2-1-3-6-12)10-13-9-14-17(19-11-18-14)20-8-4-7-15(13)20/h1-9,11,13,16,21H,10H2. The van der Waals surface area contributed by atoms with Crippen molar-refractivity contribution in [2.24, 2.45) is 9.98 Å². The summed E-state index contributed by atoms with van der Waals surface area (Å²) >= 11 is 0. The van der Waals surface area contributed by atoms with Crippen molar-refractivity contribution in [1.82, 2.24) is 4.57 Å². The van der Waals surface area contributed by atoms with Crippen LogP contribution in [0.2, 0.25) is 0 Å². The van der Waals surface area contributed by atoms with E-state index in [4.69, 9.17) is 0 Å². The van der Waals surface area contributed by atoms with Crippen LogP contribution in [0.25, 0.3) is 0 Å². The first kappa shape index (κ1) is 12.3. The van der Waals surface area contributed by atoms with E-state index in [1.807, 2.05) is 42.6 Å². The van der Waals surface area contributed by atoms with Gasteiger partial charge in [-0.15, -0.1) is 0 Å².